The van der Waals surface area contributed by atoms with E-state index in [2.05, 4.69) is 16.4 Å². The maximum absolute atomic E-state index is 13.5. The van der Waals surface area contributed by atoms with E-state index in [-0.39, 0.29) is 11.6 Å². The SMILES string of the molecule is CN(CCC(=O)Nc1ccccc1F)Cc1nc2ccccc2s1. The molecule has 4 nitrogen and oxygen atoms in total. The Morgan fingerprint density at radius 1 is 1.21 bits per heavy atom. The fourth-order valence-corrected chi connectivity index (χ4v) is 3.41. The fraction of sp³-hybridized carbons (Fsp3) is 0.222. The van der Waals surface area contributed by atoms with Crippen molar-refractivity contribution in [2.45, 2.75) is 13.0 Å². The average Bonchev–Trinajstić information content (AvgIpc) is 2.97. The second-order valence-corrected chi connectivity index (χ2v) is 6.71. The van der Waals surface area contributed by atoms with Gasteiger partial charge < -0.3 is 5.32 Å². The zero-order chi connectivity index (χ0) is 16.9. The molecule has 0 atom stereocenters. The molecule has 0 saturated heterocycles. The van der Waals surface area contributed by atoms with Gasteiger partial charge >= 0.3 is 0 Å². The van der Waals surface area contributed by atoms with Crippen LogP contribution >= 0.6 is 11.3 Å². The van der Waals surface area contributed by atoms with Crippen LogP contribution in [-0.4, -0.2) is 29.4 Å². The number of halogens is 1. The highest BCUT2D eigenvalue weighted by Gasteiger charge is 2.10. The van der Waals surface area contributed by atoms with Gasteiger partial charge in [-0.2, -0.15) is 0 Å². The summed E-state index contributed by atoms with van der Waals surface area (Å²) in [5.74, 6) is -0.620. The van der Waals surface area contributed by atoms with Crippen LogP contribution in [-0.2, 0) is 11.3 Å². The number of fused-ring (bicyclic) bond motifs is 1. The van der Waals surface area contributed by atoms with Crippen molar-refractivity contribution >= 4 is 33.1 Å². The van der Waals surface area contributed by atoms with E-state index in [1.165, 1.54) is 6.07 Å². The van der Waals surface area contributed by atoms with Gasteiger partial charge in [0.2, 0.25) is 5.91 Å². The van der Waals surface area contributed by atoms with Gasteiger partial charge in [0.25, 0.3) is 0 Å². The van der Waals surface area contributed by atoms with Crippen LogP contribution in [0.1, 0.15) is 11.4 Å². The maximum atomic E-state index is 13.5. The van der Waals surface area contributed by atoms with Gasteiger partial charge in [-0.05, 0) is 31.3 Å². The lowest BCUT2D eigenvalue weighted by Crippen LogP contribution is -2.24. The summed E-state index contributed by atoms with van der Waals surface area (Å²) in [5.41, 5.74) is 1.22. The fourth-order valence-electron chi connectivity index (χ4n) is 2.37. The molecule has 1 aromatic heterocycles. The highest BCUT2D eigenvalue weighted by Crippen LogP contribution is 2.22. The third-order valence-electron chi connectivity index (χ3n) is 3.61. The van der Waals surface area contributed by atoms with Crippen molar-refractivity contribution in [2.75, 3.05) is 18.9 Å². The average molecular weight is 343 g/mol. The van der Waals surface area contributed by atoms with Crippen LogP contribution in [0.2, 0.25) is 0 Å². The van der Waals surface area contributed by atoms with E-state index in [1.54, 1.807) is 29.5 Å². The number of amides is 1. The second kappa shape index (κ2) is 7.51. The number of benzene rings is 2. The number of nitrogens with zero attached hydrogens (tertiary/aromatic N) is 2. The lowest BCUT2D eigenvalue weighted by molar-refractivity contribution is -0.116. The molecule has 0 radical (unpaired) electrons. The third kappa shape index (κ3) is 4.15. The van der Waals surface area contributed by atoms with Gasteiger partial charge in [-0.25, -0.2) is 9.37 Å². The summed E-state index contributed by atoms with van der Waals surface area (Å²) < 4.78 is 14.7. The molecule has 124 valence electrons. The normalized spacial score (nSPS) is 11.1. The van der Waals surface area contributed by atoms with E-state index >= 15 is 0 Å². The zero-order valence-corrected chi connectivity index (χ0v) is 14.1. The van der Waals surface area contributed by atoms with Crippen molar-refractivity contribution in [3.05, 3.63) is 59.4 Å². The largest absolute Gasteiger partial charge is 0.324 e. The molecule has 0 aliphatic heterocycles. The summed E-state index contributed by atoms with van der Waals surface area (Å²) in [6, 6.07) is 14.2. The van der Waals surface area contributed by atoms with Crippen LogP contribution in [0.15, 0.2) is 48.5 Å². The standard InChI is InChI=1S/C18H18FN3OS/c1-22(12-18-21-15-8-4-5-9-16(15)24-18)11-10-17(23)20-14-7-3-2-6-13(14)19/h2-9H,10-12H2,1H3,(H,20,23). The number of hydrogen-bond acceptors (Lipinski definition) is 4. The first-order chi connectivity index (χ1) is 11.6. The first kappa shape index (κ1) is 16.5. The Morgan fingerprint density at radius 3 is 2.75 bits per heavy atom. The predicted octanol–water partition coefficient (Wildman–Crippen LogP) is 3.90. The van der Waals surface area contributed by atoms with Gasteiger partial charge in [-0.1, -0.05) is 24.3 Å². The molecule has 1 heterocycles. The first-order valence-corrected chi connectivity index (χ1v) is 8.51. The Labute approximate surface area is 143 Å². The number of rotatable bonds is 6. The minimum absolute atomic E-state index is 0.198. The van der Waals surface area contributed by atoms with Crippen LogP contribution in [0.4, 0.5) is 10.1 Å². The summed E-state index contributed by atoms with van der Waals surface area (Å²) in [6.07, 6.45) is 0.301. The lowest BCUT2D eigenvalue weighted by atomic mass is 10.3. The van der Waals surface area contributed by atoms with E-state index in [0.717, 1.165) is 15.2 Å². The number of aromatic nitrogens is 1. The van der Waals surface area contributed by atoms with Crippen molar-refractivity contribution in [1.29, 1.82) is 0 Å². The van der Waals surface area contributed by atoms with E-state index < -0.39 is 5.82 Å². The van der Waals surface area contributed by atoms with Crippen LogP contribution in [0.3, 0.4) is 0 Å². The molecular weight excluding hydrogens is 325 g/mol. The number of carbonyl (C=O) groups is 1. The summed E-state index contributed by atoms with van der Waals surface area (Å²) in [4.78, 5) is 18.6. The van der Waals surface area contributed by atoms with E-state index in [9.17, 15) is 9.18 Å². The molecule has 3 aromatic rings. The molecule has 1 amide bonds. The summed E-state index contributed by atoms with van der Waals surface area (Å²) in [7, 11) is 1.95. The van der Waals surface area contributed by atoms with Crippen LogP contribution in [0.5, 0.6) is 0 Å². The molecule has 2 aromatic carbocycles. The van der Waals surface area contributed by atoms with Gasteiger partial charge in [0.05, 0.1) is 22.4 Å². The summed E-state index contributed by atoms with van der Waals surface area (Å²) in [6.45, 7) is 1.27. The van der Waals surface area contributed by atoms with Gasteiger partial charge in [-0.3, -0.25) is 9.69 Å². The van der Waals surface area contributed by atoms with Crippen molar-refractivity contribution in [3.63, 3.8) is 0 Å². The first-order valence-electron chi connectivity index (χ1n) is 7.69. The number of anilines is 1. The Bertz CT molecular complexity index is 816. The highest BCUT2D eigenvalue weighted by atomic mass is 32.1. The third-order valence-corrected chi connectivity index (χ3v) is 4.63. The smallest absolute Gasteiger partial charge is 0.225 e. The van der Waals surface area contributed by atoms with Crippen molar-refractivity contribution in [3.8, 4) is 0 Å². The molecule has 0 bridgehead atoms. The van der Waals surface area contributed by atoms with Crippen LogP contribution in [0.25, 0.3) is 10.2 Å². The molecule has 0 fully saturated rings. The van der Waals surface area contributed by atoms with Crippen LogP contribution < -0.4 is 5.32 Å². The Hall–Kier alpha value is -2.31. The van der Waals surface area contributed by atoms with E-state index in [1.807, 2.05) is 30.1 Å². The van der Waals surface area contributed by atoms with Gasteiger partial charge in [0.15, 0.2) is 0 Å². The molecule has 1 N–H and O–H groups in total. The van der Waals surface area contributed by atoms with Crippen molar-refractivity contribution < 1.29 is 9.18 Å². The molecular formula is C18H18FN3OS. The number of nitrogens with one attached hydrogen (secondary N) is 1. The van der Waals surface area contributed by atoms with Crippen molar-refractivity contribution in [2.24, 2.45) is 0 Å². The number of carbonyl (C=O) groups excluding carboxylic acids is 1. The molecule has 0 spiro atoms. The van der Waals surface area contributed by atoms with E-state index in [4.69, 9.17) is 0 Å². The molecule has 24 heavy (non-hydrogen) atoms. The van der Waals surface area contributed by atoms with Gasteiger partial charge in [0, 0.05) is 13.0 Å². The van der Waals surface area contributed by atoms with Crippen molar-refractivity contribution in [1.82, 2.24) is 9.88 Å². The molecule has 0 aliphatic carbocycles. The number of para-hydroxylation sites is 2. The summed E-state index contributed by atoms with van der Waals surface area (Å²) in [5, 5.41) is 3.62. The molecule has 0 unspecified atom stereocenters. The number of thiazole rings is 1. The predicted molar refractivity (Wildman–Crippen MR) is 95.6 cm³/mol. The molecule has 0 saturated carbocycles. The lowest BCUT2D eigenvalue weighted by Gasteiger charge is -2.14. The highest BCUT2D eigenvalue weighted by molar-refractivity contribution is 7.18. The Kier molecular flexibility index (Phi) is 5.17. The Morgan fingerprint density at radius 2 is 1.96 bits per heavy atom. The minimum Gasteiger partial charge on any atom is -0.324 e. The van der Waals surface area contributed by atoms with Crippen LogP contribution in [0, 0.1) is 5.82 Å². The number of hydrogen-bond donors (Lipinski definition) is 1. The minimum atomic E-state index is -0.423. The summed E-state index contributed by atoms with van der Waals surface area (Å²) >= 11 is 1.66. The monoisotopic (exact) mass is 343 g/mol. The van der Waals surface area contributed by atoms with E-state index in [0.29, 0.717) is 19.5 Å². The zero-order valence-electron chi connectivity index (χ0n) is 13.3. The van der Waals surface area contributed by atoms with Gasteiger partial charge in [0.1, 0.15) is 10.8 Å². The molecule has 3 rings (SSSR count). The Balaban J connectivity index is 1.50. The van der Waals surface area contributed by atoms with Gasteiger partial charge in [-0.15, -0.1) is 11.3 Å². The quantitative estimate of drug-likeness (QED) is 0.738. The topological polar surface area (TPSA) is 45.2 Å². The molecule has 6 heteroatoms. The molecule has 0 aliphatic rings. The second-order valence-electron chi connectivity index (χ2n) is 5.59. The maximum Gasteiger partial charge on any atom is 0.225 e.